The molecule has 0 radical (unpaired) electrons. The van der Waals surface area contributed by atoms with E-state index >= 15 is 0 Å². The zero-order chi connectivity index (χ0) is 27.6. The van der Waals surface area contributed by atoms with Gasteiger partial charge in [0.15, 0.2) is 5.78 Å². The van der Waals surface area contributed by atoms with Crippen LogP contribution in [0.5, 0.6) is 5.75 Å². The van der Waals surface area contributed by atoms with Crippen LogP contribution in [0.25, 0.3) is 16.8 Å². The van der Waals surface area contributed by atoms with Gasteiger partial charge >= 0.3 is 17.3 Å². The molecule has 2 aliphatic heterocycles. The van der Waals surface area contributed by atoms with Gasteiger partial charge in [0, 0.05) is 29.1 Å². The van der Waals surface area contributed by atoms with Gasteiger partial charge in [0.2, 0.25) is 0 Å². The Morgan fingerprint density at radius 3 is 2.49 bits per heavy atom. The second-order valence-electron chi connectivity index (χ2n) is 10.1. The first-order valence-corrected chi connectivity index (χ1v) is 12.4. The average Bonchev–Trinajstić information content (AvgIpc) is 3.17. The molecular weight excluding hydrogens is 500 g/mol. The van der Waals surface area contributed by atoms with Crippen molar-refractivity contribution in [3.8, 4) is 22.6 Å². The van der Waals surface area contributed by atoms with Crippen molar-refractivity contribution in [3.63, 3.8) is 0 Å². The van der Waals surface area contributed by atoms with Crippen molar-refractivity contribution in [2.45, 2.75) is 39.0 Å². The second kappa shape index (κ2) is 8.52. The van der Waals surface area contributed by atoms with Crippen molar-refractivity contribution in [2.24, 2.45) is 0 Å². The molecule has 0 saturated carbocycles. The number of carbonyl (C=O) groups excluding carboxylic acids is 1. The lowest BCUT2D eigenvalue weighted by Crippen LogP contribution is -2.46. The normalized spacial score (nSPS) is 16.8. The predicted molar refractivity (Wildman–Crippen MR) is 142 cm³/mol. The molecule has 0 amide bonds. The summed E-state index contributed by atoms with van der Waals surface area (Å²) in [5, 5.41) is 9.65. The van der Waals surface area contributed by atoms with E-state index in [-0.39, 0.29) is 17.9 Å². The van der Waals surface area contributed by atoms with E-state index in [1.807, 2.05) is 19.9 Å². The minimum Gasteiger partial charge on any atom is -0.483 e. The number of allylic oxidation sites excluding steroid dienone is 1. The number of benzene rings is 2. The highest BCUT2D eigenvalue weighted by Gasteiger charge is 2.44. The second-order valence-corrected chi connectivity index (χ2v) is 10.1. The number of nitrogens with zero attached hydrogens (tertiary/aromatic N) is 4. The van der Waals surface area contributed by atoms with Crippen molar-refractivity contribution < 1.29 is 19.4 Å². The van der Waals surface area contributed by atoms with Gasteiger partial charge in [-0.3, -0.25) is 9.78 Å². The van der Waals surface area contributed by atoms with Crippen molar-refractivity contribution >= 4 is 11.8 Å². The first-order valence-electron chi connectivity index (χ1n) is 12.4. The summed E-state index contributed by atoms with van der Waals surface area (Å²) in [6, 6.07) is 12.5. The molecular formula is C29H24N4O6. The van der Waals surface area contributed by atoms with Gasteiger partial charge < -0.3 is 9.84 Å². The summed E-state index contributed by atoms with van der Waals surface area (Å²) in [5.41, 5.74) is 1.68. The molecule has 2 aromatic carbocycles. The molecule has 196 valence electrons. The SMILES string of the molecule is CC(=O)c1ccc(-n2c(=O)n3n(c2=O)C2C(=CC3)C(C)(C)Oc3cc(-c4cnccc4C(=O)O)ccc32)cc1. The number of hydrogen-bond donors (Lipinski definition) is 1. The zero-order valence-electron chi connectivity index (χ0n) is 21.4. The zero-order valence-corrected chi connectivity index (χ0v) is 21.4. The van der Waals surface area contributed by atoms with Crippen LogP contribution in [-0.2, 0) is 6.54 Å². The lowest BCUT2D eigenvalue weighted by atomic mass is 9.82. The molecule has 0 aliphatic carbocycles. The molecule has 0 saturated heterocycles. The van der Waals surface area contributed by atoms with Crippen LogP contribution in [0.1, 0.15) is 53.1 Å². The fourth-order valence-corrected chi connectivity index (χ4v) is 5.44. The van der Waals surface area contributed by atoms with Gasteiger partial charge in [-0.1, -0.05) is 18.2 Å². The van der Waals surface area contributed by atoms with E-state index in [0.717, 1.165) is 10.1 Å². The number of aromatic carboxylic acids is 1. The highest BCUT2D eigenvalue weighted by molar-refractivity contribution is 5.96. The molecule has 2 aliphatic rings. The Bertz CT molecular complexity index is 1840. The average molecular weight is 525 g/mol. The van der Waals surface area contributed by atoms with Crippen molar-refractivity contribution in [2.75, 3.05) is 0 Å². The van der Waals surface area contributed by atoms with Crippen LogP contribution in [0, 0.1) is 0 Å². The van der Waals surface area contributed by atoms with Crippen LogP contribution in [-0.4, -0.2) is 41.4 Å². The van der Waals surface area contributed by atoms with Crippen LogP contribution < -0.4 is 16.1 Å². The van der Waals surface area contributed by atoms with Gasteiger partial charge in [0.25, 0.3) is 0 Å². The molecule has 39 heavy (non-hydrogen) atoms. The first-order chi connectivity index (χ1) is 18.6. The number of ketones is 1. The first kappa shape index (κ1) is 24.4. The maximum Gasteiger partial charge on any atom is 0.352 e. The van der Waals surface area contributed by atoms with E-state index in [1.54, 1.807) is 42.5 Å². The van der Waals surface area contributed by atoms with Crippen LogP contribution in [0.15, 0.2) is 82.2 Å². The Kier molecular flexibility index (Phi) is 5.32. The molecule has 4 aromatic rings. The number of carboxylic acid groups (broad SMARTS) is 1. The summed E-state index contributed by atoms with van der Waals surface area (Å²) in [5.74, 6) is -0.707. The van der Waals surface area contributed by atoms with Gasteiger partial charge in [-0.25, -0.2) is 28.3 Å². The molecule has 0 bridgehead atoms. The topological polar surface area (TPSA) is 125 Å². The standard InChI is InChI=1S/C29H24N4O6/c1-16(34)17-4-7-19(8-5-17)32-27(37)31-13-11-23-25(33(31)28(32)38)21-9-6-18(14-24(21)39-29(23,2)3)22-15-30-12-10-20(22)26(35)36/h4-12,14-15,25H,13H2,1-3H3,(H,35,36). The summed E-state index contributed by atoms with van der Waals surface area (Å²) in [7, 11) is 0. The summed E-state index contributed by atoms with van der Waals surface area (Å²) < 4.78 is 10.3. The molecule has 2 aromatic heterocycles. The minimum absolute atomic E-state index is 0.108. The van der Waals surface area contributed by atoms with Gasteiger partial charge in [0.05, 0.1) is 17.8 Å². The summed E-state index contributed by atoms with van der Waals surface area (Å²) in [6.07, 6.45) is 4.83. The summed E-state index contributed by atoms with van der Waals surface area (Å²) in [4.78, 5) is 54.9. The molecule has 1 unspecified atom stereocenters. The number of aromatic nitrogens is 4. The van der Waals surface area contributed by atoms with E-state index < -0.39 is 29.0 Å². The number of fused-ring (bicyclic) bond motifs is 5. The molecule has 10 heteroatoms. The number of ether oxygens (including phenoxy) is 1. The Morgan fingerprint density at radius 2 is 1.79 bits per heavy atom. The van der Waals surface area contributed by atoms with Crippen LogP contribution in [0.2, 0.25) is 0 Å². The van der Waals surface area contributed by atoms with Crippen LogP contribution >= 0.6 is 0 Å². The number of carboxylic acids is 1. The fraction of sp³-hybridized carbons (Fsp3) is 0.207. The Balaban J connectivity index is 1.53. The number of hydrogen-bond acceptors (Lipinski definition) is 6. The largest absolute Gasteiger partial charge is 0.483 e. The van der Waals surface area contributed by atoms with E-state index in [2.05, 4.69) is 4.98 Å². The van der Waals surface area contributed by atoms with Crippen molar-refractivity contribution in [3.05, 3.63) is 110 Å². The molecule has 4 heterocycles. The number of Topliss-reactive ketones (excluding diaryl/α,β-unsaturated/α-hetero) is 1. The highest BCUT2D eigenvalue weighted by atomic mass is 16.5. The molecule has 1 N–H and O–H groups in total. The molecule has 6 rings (SSSR count). The maximum atomic E-state index is 13.8. The number of pyridine rings is 1. The molecule has 1 atom stereocenters. The third-order valence-electron chi connectivity index (χ3n) is 7.35. The fourth-order valence-electron chi connectivity index (χ4n) is 5.44. The monoisotopic (exact) mass is 524 g/mol. The molecule has 10 nitrogen and oxygen atoms in total. The van der Waals surface area contributed by atoms with Gasteiger partial charge in [-0.2, -0.15) is 0 Å². The third-order valence-corrected chi connectivity index (χ3v) is 7.35. The van der Waals surface area contributed by atoms with E-state index in [4.69, 9.17) is 4.74 Å². The summed E-state index contributed by atoms with van der Waals surface area (Å²) in [6.45, 7) is 5.43. The smallest absolute Gasteiger partial charge is 0.352 e. The van der Waals surface area contributed by atoms with Gasteiger partial charge in [-0.15, -0.1) is 0 Å². The predicted octanol–water partition coefficient (Wildman–Crippen LogP) is 3.46. The quantitative estimate of drug-likeness (QED) is 0.320. The van der Waals surface area contributed by atoms with Crippen molar-refractivity contribution in [1.82, 2.24) is 18.9 Å². The van der Waals surface area contributed by atoms with Crippen molar-refractivity contribution in [1.29, 1.82) is 0 Å². The summed E-state index contributed by atoms with van der Waals surface area (Å²) >= 11 is 0. The van der Waals surface area contributed by atoms with Crippen LogP contribution in [0.3, 0.4) is 0 Å². The lowest BCUT2D eigenvalue weighted by Gasteiger charge is -2.42. The van der Waals surface area contributed by atoms with E-state index in [9.17, 15) is 24.3 Å². The highest BCUT2D eigenvalue weighted by Crippen LogP contribution is 2.47. The van der Waals surface area contributed by atoms with E-state index in [0.29, 0.717) is 33.7 Å². The number of carbonyl (C=O) groups is 2. The minimum atomic E-state index is -1.07. The maximum absolute atomic E-state index is 13.8. The lowest BCUT2D eigenvalue weighted by molar-refractivity contribution is 0.0697. The number of rotatable bonds is 4. The van der Waals surface area contributed by atoms with Gasteiger partial charge in [-0.05, 0) is 68.3 Å². The molecule has 0 spiro atoms. The Hall–Kier alpha value is -4.99. The van der Waals surface area contributed by atoms with Gasteiger partial charge in [0.1, 0.15) is 17.4 Å². The Morgan fingerprint density at radius 1 is 1.05 bits per heavy atom. The molecule has 0 fully saturated rings. The third kappa shape index (κ3) is 3.67. The van der Waals surface area contributed by atoms with E-state index in [1.165, 1.54) is 34.7 Å². The van der Waals surface area contributed by atoms with Crippen LogP contribution in [0.4, 0.5) is 0 Å². The Labute approximate surface area is 222 Å².